The predicted octanol–water partition coefficient (Wildman–Crippen LogP) is 4.61. The maximum atomic E-state index is 12.3. The maximum Gasteiger partial charge on any atom is 0.417 e. The minimum Gasteiger partial charge on any atom is -0.479 e. The van der Waals surface area contributed by atoms with E-state index in [0.717, 1.165) is 11.1 Å². The van der Waals surface area contributed by atoms with Gasteiger partial charge in [-0.25, -0.2) is 9.59 Å². The molecule has 2 N–H and O–H groups in total. The number of carbonyl (C=O) groups is 2. The van der Waals surface area contributed by atoms with Crippen molar-refractivity contribution >= 4 is 23.4 Å². The Morgan fingerprint density at radius 2 is 1.97 bits per heavy atom. The van der Waals surface area contributed by atoms with Gasteiger partial charge in [0.25, 0.3) is 5.69 Å². The fourth-order valence-corrected chi connectivity index (χ4v) is 3.21. The minimum atomic E-state index is -1.03. The van der Waals surface area contributed by atoms with Gasteiger partial charge in [0.15, 0.2) is 6.10 Å². The fourth-order valence-electron chi connectivity index (χ4n) is 3.21. The van der Waals surface area contributed by atoms with Gasteiger partial charge in [-0.15, -0.1) is 0 Å². The monoisotopic (exact) mass is 465 g/mol. The molecule has 0 radical (unpaired) electrons. The summed E-state index contributed by atoms with van der Waals surface area (Å²) in [4.78, 5) is 38.3. The molecule has 176 valence electrons. The largest absolute Gasteiger partial charge is 0.479 e. The zero-order valence-corrected chi connectivity index (χ0v) is 18.6. The number of amides is 1. The highest BCUT2D eigenvalue weighted by molar-refractivity contribution is 5.87. The molecule has 0 aliphatic carbocycles. The summed E-state index contributed by atoms with van der Waals surface area (Å²) in [7, 11) is 0. The molecule has 1 atom stereocenters. The quantitative estimate of drug-likeness (QED) is 0.345. The molecular formula is C24H23N3O7. The summed E-state index contributed by atoms with van der Waals surface area (Å²) in [5, 5.41) is 22.7. The molecule has 34 heavy (non-hydrogen) atoms. The minimum absolute atomic E-state index is 0.0900. The number of hydrogen-bond donors (Lipinski definition) is 2. The van der Waals surface area contributed by atoms with Crippen molar-refractivity contribution in [3.63, 3.8) is 0 Å². The van der Waals surface area contributed by atoms with Crippen molar-refractivity contribution in [3.05, 3.63) is 82.0 Å². The number of non-ortho nitro benzene ring substituents is 1. The van der Waals surface area contributed by atoms with Crippen LogP contribution in [-0.4, -0.2) is 39.8 Å². The van der Waals surface area contributed by atoms with E-state index in [4.69, 9.17) is 9.47 Å². The second-order valence-electron chi connectivity index (χ2n) is 7.34. The molecule has 2 aromatic carbocycles. The Kier molecular flexibility index (Phi) is 7.88. The summed E-state index contributed by atoms with van der Waals surface area (Å²) in [6, 6.07) is 14.5. The first-order valence-corrected chi connectivity index (χ1v) is 10.4. The molecule has 1 heterocycles. The molecule has 0 aliphatic rings. The Bertz CT molecular complexity index is 1200. The van der Waals surface area contributed by atoms with Gasteiger partial charge in [0.2, 0.25) is 0 Å². The lowest BCUT2D eigenvalue weighted by Gasteiger charge is -2.12. The van der Waals surface area contributed by atoms with Crippen LogP contribution in [0.1, 0.15) is 18.1 Å². The third-order valence-electron chi connectivity index (χ3n) is 4.87. The van der Waals surface area contributed by atoms with E-state index in [-0.39, 0.29) is 17.9 Å². The van der Waals surface area contributed by atoms with Gasteiger partial charge >= 0.3 is 12.1 Å². The van der Waals surface area contributed by atoms with Crippen LogP contribution in [0.4, 0.5) is 16.2 Å². The van der Waals surface area contributed by atoms with Gasteiger partial charge in [-0.3, -0.25) is 20.4 Å². The topological polar surface area (TPSA) is 141 Å². The van der Waals surface area contributed by atoms with Crippen LogP contribution in [-0.2, 0) is 16.0 Å². The molecule has 10 heteroatoms. The van der Waals surface area contributed by atoms with Gasteiger partial charge in [0.1, 0.15) is 5.75 Å². The highest BCUT2D eigenvalue weighted by atomic mass is 16.6. The number of nitrogens with zero attached hydrogens (tertiary/aromatic N) is 2. The van der Waals surface area contributed by atoms with Crippen LogP contribution < -0.4 is 10.1 Å². The number of ether oxygens (including phenoxy) is 2. The molecule has 3 rings (SSSR count). The average Bonchev–Trinajstić information content (AvgIpc) is 2.80. The summed E-state index contributed by atoms with van der Waals surface area (Å²) in [6.45, 7) is 3.65. The lowest BCUT2D eigenvalue weighted by Crippen LogP contribution is -2.26. The molecule has 0 aliphatic heterocycles. The van der Waals surface area contributed by atoms with Crippen molar-refractivity contribution in [3.8, 4) is 17.0 Å². The smallest absolute Gasteiger partial charge is 0.417 e. The Balaban J connectivity index is 1.67. The Hall–Kier alpha value is -4.31. The number of rotatable bonds is 9. The van der Waals surface area contributed by atoms with Crippen LogP contribution in [0.2, 0.25) is 0 Å². The highest BCUT2D eigenvalue weighted by Crippen LogP contribution is 2.25. The molecule has 0 unspecified atom stereocenters. The second-order valence-corrected chi connectivity index (χ2v) is 7.34. The first-order valence-electron chi connectivity index (χ1n) is 10.4. The highest BCUT2D eigenvalue weighted by Gasteiger charge is 2.18. The van der Waals surface area contributed by atoms with Crippen LogP contribution in [0.25, 0.3) is 11.3 Å². The van der Waals surface area contributed by atoms with E-state index in [9.17, 15) is 24.8 Å². The number of aryl methyl sites for hydroxylation is 1. The van der Waals surface area contributed by atoms with Crippen molar-refractivity contribution < 1.29 is 29.1 Å². The van der Waals surface area contributed by atoms with Crippen LogP contribution in [0.15, 0.2) is 60.8 Å². The zero-order valence-electron chi connectivity index (χ0n) is 18.6. The SMILES string of the molecule is CCO[C@@H](Cc1ccc(-c2cccc(NC(=O)Oc3ccc([N+](=O)[O-])cc3C)c2)nc1)C(=O)O. The summed E-state index contributed by atoms with van der Waals surface area (Å²) < 4.78 is 10.5. The summed E-state index contributed by atoms with van der Waals surface area (Å²) >= 11 is 0. The van der Waals surface area contributed by atoms with E-state index in [1.54, 1.807) is 50.4 Å². The molecule has 0 saturated heterocycles. The van der Waals surface area contributed by atoms with E-state index in [0.29, 0.717) is 23.6 Å². The number of pyridine rings is 1. The Labute approximate surface area is 195 Å². The summed E-state index contributed by atoms with van der Waals surface area (Å²) in [6.07, 6.45) is 0.116. The molecule has 1 amide bonds. The van der Waals surface area contributed by atoms with Gasteiger partial charge < -0.3 is 14.6 Å². The van der Waals surface area contributed by atoms with E-state index in [1.807, 2.05) is 6.07 Å². The molecule has 0 bridgehead atoms. The second kappa shape index (κ2) is 11.0. The van der Waals surface area contributed by atoms with Crippen molar-refractivity contribution in [2.45, 2.75) is 26.4 Å². The summed E-state index contributed by atoms with van der Waals surface area (Å²) in [5.41, 5.74) is 2.92. The van der Waals surface area contributed by atoms with Crippen molar-refractivity contribution in [1.82, 2.24) is 4.98 Å². The number of nitrogens with one attached hydrogen (secondary N) is 1. The number of hydrogen-bond acceptors (Lipinski definition) is 7. The molecule has 0 saturated carbocycles. The normalized spacial score (nSPS) is 11.5. The van der Waals surface area contributed by atoms with E-state index >= 15 is 0 Å². The Morgan fingerprint density at radius 3 is 2.59 bits per heavy atom. The molecule has 3 aromatic rings. The summed E-state index contributed by atoms with van der Waals surface area (Å²) in [5.74, 6) is -0.816. The predicted molar refractivity (Wildman–Crippen MR) is 124 cm³/mol. The first-order chi connectivity index (χ1) is 16.3. The Morgan fingerprint density at radius 1 is 1.18 bits per heavy atom. The third-order valence-corrected chi connectivity index (χ3v) is 4.87. The van der Waals surface area contributed by atoms with Crippen LogP contribution in [0.5, 0.6) is 5.75 Å². The molecule has 0 spiro atoms. The number of carbonyl (C=O) groups excluding carboxylic acids is 1. The fraction of sp³-hybridized carbons (Fsp3) is 0.208. The lowest BCUT2D eigenvalue weighted by molar-refractivity contribution is -0.384. The molecule has 0 fully saturated rings. The molecular weight excluding hydrogens is 442 g/mol. The van der Waals surface area contributed by atoms with Gasteiger partial charge in [-0.05, 0) is 49.2 Å². The van der Waals surface area contributed by atoms with Crippen molar-refractivity contribution in [1.29, 1.82) is 0 Å². The molecule has 10 nitrogen and oxygen atoms in total. The number of nitro benzene ring substituents is 1. The van der Waals surface area contributed by atoms with E-state index in [1.165, 1.54) is 18.2 Å². The van der Waals surface area contributed by atoms with Crippen molar-refractivity contribution in [2.24, 2.45) is 0 Å². The maximum absolute atomic E-state index is 12.3. The zero-order chi connectivity index (χ0) is 24.7. The number of carboxylic acid groups (broad SMARTS) is 1. The first kappa shape index (κ1) is 24.3. The van der Waals surface area contributed by atoms with E-state index < -0.39 is 23.1 Å². The van der Waals surface area contributed by atoms with Crippen LogP contribution >= 0.6 is 0 Å². The number of benzene rings is 2. The van der Waals surface area contributed by atoms with Crippen molar-refractivity contribution in [2.75, 3.05) is 11.9 Å². The molecule has 1 aromatic heterocycles. The third kappa shape index (κ3) is 6.36. The average molecular weight is 465 g/mol. The van der Waals surface area contributed by atoms with Gasteiger partial charge in [0, 0.05) is 42.6 Å². The van der Waals surface area contributed by atoms with E-state index in [2.05, 4.69) is 10.3 Å². The van der Waals surface area contributed by atoms with Crippen LogP contribution in [0, 0.1) is 17.0 Å². The van der Waals surface area contributed by atoms with Gasteiger partial charge in [-0.1, -0.05) is 18.2 Å². The number of anilines is 1. The number of aromatic nitrogens is 1. The standard InChI is InChI=1S/C24H23N3O7/c1-3-33-22(23(28)29)12-16-7-9-20(25-14-16)17-5-4-6-18(13-17)26-24(30)34-21-10-8-19(27(31)32)11-15(21)2/h4-11,13-14,22H,3,12H2,1-2H3,(H,26,30)(H,28,29)/t22-/m0/s1. The van der Waals surface area contributed by atoms with Gasteiger partial charge in [-0.2, -0.15) is 0 Å². The van der Waals surface area contributed by atoms with Crippen LogP contribution in [0.3, 0.4) is 0 Å². The van der Waals surface area contributed by atoms with Gasteiger partial charge in [0.05, 0.1) is 10.6 Å². The number of carboxylic acids is 1. The lowest BCUT2D eigenvalue weighted by atomic mass is 10.1. The number of aliphatic carboxylic acids is 1. The number of nitro groups is 1.